The van der Waals surface area contributed by atoms with Crippen molar-refractivity contribution in [2.45, 2.75) is 26.7 Å². The van der Waals surface area contributed by atoms with Gasteiger partial charge >= 0.3 is 6.03 Å². The predicted molar refractivity (Wildman–Crippen MR) is 145 cm³/mol. The van der Waals surface area contributed by atoms with E-state index in [4.69, 9.17) is 23.2 Å². The zero-order valence-corrected chi connectivity index (χ0v) is 21.4. The number of halogens is 2. The Morgan fingerprint density at radius 1 is 0.912 bits per heavy atom. The largest absolute Gasteiger partial charge is 0.338 e. The summed E-state index contributed by atoms with van der Waals surface area (Å²) < 4.78 is 0. The van der Waals surface area contributed by atoms with Crippen LogP contribution in [-0.2, 0) is 6.42 Å². The highest BCUT2D eigenvalue weighted by molar-refractivity contribution is 6.42. The molecule has 3 rings (SSSR count). The molecule has 0 aromatic heterocycles. The lowest BCUT2D eigenvalue weighted by atomic mass is 10.0. The molecule has 0 spiro atoms. The van der Waals surface area contributed by atoms with E-state index in [0.29, 0.717) is 22.5 Å². The molecule has 0 fully saturated rings. The van der Waals surface area contributed by atoms with Crippen LogP contribution in [0.5, 0.6) is 0 Å². The molecule has 0 saturated heterocycles. The fourth-order valence-corrected chi connectivity index (χ4v) is 4.25. The molecule has 4 nitrogen and oxygen atoms in total. The zero-order valence-electron chi connectivity index (χ0n) is 19.9. The van der Waals surface area contributed by atoms with Gasteiger partial charge in [-0.15, -0.1) is 0 Å². The van der Waals surface area contributed by atoms with E-state index < -0.39 is 0 Å². The molecule has 180 valence electrons. The number of carbonyl (C=O) groups is 1. The number of hydrogen-bond donors (Lipinski definition) is 2. The summed E-state index contributed by atoms with van der Waals surface area (Å²) in [6.07, 6.45) is 1.79. The molecule has 0 atom stereocenters. The standard InChI is InChI=1S/C28H33Cl2N3O/c1-21(2)20-33(18-15-22-13-14-25(29)26(30)19-22)17-8-16-31-28(34)32-27-12-7-6-11-24(27)23-9-4-3-5-10-23/h3-7,9-14,19,21H,8,15-18,20H2,1-2H3,(H2,31,32,34). The second-order valence-electron chi connectivity index (χ2n) is 8.84. The second-order valence-corrected chi connectivity index (χ2v) is 9.65. The molecule has 6 heteroatoms. The summed E-state index contributed by atoms with van der Waals surface area (Å²) in [5.41, 5.74) is 4.06. The third-order valence-corrected chi connectivity index (χ3v) is 6.26. The van der Waals surface area contributed by atoms with Gasteiger partial charge in [-0.2, -0.15) is 0 Å². The number of benzene rings is 3. The monoisotopic (exact) mass is 497 g/mol. The number of nitrogens with one attached hydrogen (secondary N) is 2. The molecule has 0 aliphatic carbocycles. The number of nitrogens with zero attached hydrogens (tertiary/aromatic N) is 1. The summed E-state index contributed by atoms with van der Waals surface area (Å²) in [5.74, 6) is 0.569. The van der Waals surface area contributed by atoms with Gasteiger partial charge in [0.25, 0.3) is 0 Å². The minimum absolute atomic E-state index is 0.186. The Bertz CT molecular complexity index is 1060. The van der Waals surface area contributed by atoms with Crippen LogP contribution >= 0.6 is 23.2 Å². The van der Waals surface area contributed by atoms with Crippen molar-refractivity contribution in [3.05, 3.63) is 88.4 Å². The SMILES string of the molecule is CC(C)CN(CCCNC(=O)Nc1ccccc1-c1ccccc1)CCc1ccc(Cl)c(Cl)c1. The molecule has 0 radical (unpaired) electrons. The Kier molecular flexibility index (Phi) is 10.3. The Morgan fingerprint density at radius 2 is 1.65 bits per heavy atom. The van der Waals surface area contributed by atoms with Gasteiger partial charge in [0.1, 0.15) is 0 Å². The van der Waals surface area contributed by atoms with Crippen LogP contribution < -0.4 is 10.6 Å². The first kappa shape index (κ1) is 26.1. The molecule has 3 aromatic carbocycles. The van der Waals surface area contributed by atoms with Gasteiger partial charge in [0.05, 0.1) is 15.7 Å². The van der Waals surface area contributed by atoms with Crippen LogP contribution in [0.3, 0.4) is 0 Å². The molecule has 0 saturated carbocycles. The van der Waals surface area contributed by atoms with Crippen molar-refractivity contribution < 1.29 is 4.79 Å². The van der Waals surface area contributed by atoms with Gasteiger partial charge in [-0.05, 0) is 54.6 Å². The molecule has 3 aromatic rings. The van der Waals surface area contributed by atoms with Crippen LogP contribution in [0.4, 0.5) is 10.5 Å². The van der Waals surface area contributed by atoms with Crippen molar-refractivity contribution in [3.8, 4) is 11.1 Å². The summed E-state index contributed by atoms with van der Waals surface area (Å²) in [7, 11) is 0. The van der Waals surface area contributed by atoms with Crippen LogP contribution in [0.15, 0.2) is 72.8 Å². The smallest absolute Gasteiger partial charge is 0.319 e. The van der Waals surface area contributed by atoms with Gasteiger partial charge < -0.3 is 15.5 Å². The highest BCUT2D eigenvalue weighted by Gasteiger charge is 2.10. The Hall–Kier alpha value is -2.53. The minimum atomic E-state index is -0.186. The number of para-hydroxylation sites is 1. The summed E-state index contributed by atoms with van der Waals surface area (Å²) in [5, 5.41) is 7.18. The predicted octanol–water partition coefficient (Wildman–Crippen LogP) is 7.37. The molecule has 0 unspecified atom stereocenters. The lowest BCUT2D eigenvalue weighted by molar-refractivity contribution is 0.238. The van der Waals surface area contributed by atoms with Crippen LogP contribution in [0.25, 0.3) is 11.1 Å². The Balaban J connectivity index is 1.47. The average molecular weight is 498 g/mol. The van der Waals surface area contributed by atoms with Gasteiger partial charge in [0.15, 0.2) is 0 Å². The summed E-state index contributed by atoms with van der Waals surface area (Å²) in [4.78, 5) is 15.0. The third-order valence-electron chi connectivity index (χ3n) is 5.52. The number of carbonyl (C=O) groups excluding carboxylic acids is 1. The van der Waals surface area contributed by atoms with Crippen LogP contribution in [-0.4, -0.2) is 37.1 Å². The number of amides is 2. The normalized spacial score (nSPS) is 11.1. The van der Waals surface area contributed by atoms with Crippen molar-refractivity contribution in [1.29, 1.82) is 0 Å². The van der Waals surface area contributed by atoms with Crippen molar-refractivity contribution in [1.82, 2.24) is 10.2 Å². The van der Waals surface area contributed by atoms with E-state index in [1.165, 1.54) is 5.56 Å². The quantitative estimate of drug-likeness (QED) is 0.271. The molecular formula is C28H33Cl2N3O. The van der Waals surface area contributed by atoms with Crippen molar-refractivity contribution in [2.75, 3.05) is 31.5 Å². The first-order valence-electron chi connectivity index (χ1n) is 11.8. The lowest BCUT2D eigenvalue weighted by Gasteiger charge is -2.24. The number of anilines is 1. The van der Waals surface area contributed by atoms with E-state index in [-0.39, 0.29) is 6.03 Å². The highest BCUT2D eigenvalue weighted by Crippen LogP contribution is 2.27. The molecule has 0 bridgehead atoms. The van der Waals surface area contributed by atoms with Crippen LogP contribution in [0.1, 0.15) is 25.8 Å². The summed E-state index contributed by atoms with van der Waals surface area (Å²) >= 11 is 12.2. The first-order chi connectivity index (χ1) is 16.4. The minimum Gasteiger partial charge on any atom is -0.338 e. The Morgan fingerprint density at radius 3 is 2.38 bits per heavy atom. The van der Waals surface area contributed by atoms with E-state index in [1.807, 2.05) is 72.8 Å². The zero-order chi connectivity index (χ0) is 24.3. The topological polar surface area (TPSA) is 44.4 Å². The molecule has 0 heterocycles. The summed E-state index contributed by atoms with van der Waals surface area (Å²) in [6.45, 7) is 7.93. The Labute approximate surface area is 213 Å². The maximum Gasteiger partial charge on any atom is 0.319 e. The van der Waals surface area contributed by atoms with E-state index in [1.54, 1.807) is 0 Å². The van der Waals surface area contributed by atoms with Crippen molar-refractivity contribution in [3.63, 3.8) is 0 Å². The third kappa shape index (κ3) is 8.35. The lowest BCUT2D eigenvalue weighted by Crippen LogP contribution is -2.35. The number of rotatable bonds is 11. The molecule has 0 aliphatic rings. The van der Waals surface area contributed by atoms with E-state index in [2.05, 4.69) is 29.4 Å². The number of hydrogen-bond acceptors (Lipinski definition) is 2. The molecule has 2 N–H and O–H groups in total. The van der Waals surface area contributed by atoms with Crippen LogP contribution in [0, 0.1) is 5.92 Å². The fourth-order valence-electron chi connectivity index (χ4n) is 3.93. The fraction of sp³-hybridized carbons (Fsp3) is 0.321. The van der Waals surface area contributed by atoms with E-state index in [9.17, 15) is 4.79 Å². The molecular weight excluding hydrogens is 465 g/mol. The van der Waals surface area contributed by atoms with Gasteiger partial charge in [-0.25, -0.2) is 4.79 Å². The van der Waals surface area contributed by atoms with Gasteiger partial charge in [-0.3, -0.25) is 0 Å². The second kappa shape index (κ2) is 13.4. The van der Waals surface area contributed by atoms with Crippen molar-refractivity contribution >= 4 is 34.9 Å². The van der Waals surface area contributed by atoms with E-state index in [0.717, 1.165) is 49.3 Å². The molecule has 0 aliphatic heterocycles. The van der Waals surface area contributed by atoms with E-state index >= 15 is 0 Å². The maximum atomic E-state index is 12.5. The molecule has 2 amide bonds. The highest BCUT2D eigenvalue weighted by atomic mass is 35.5. The number of urea groups is 1. The molecule has 34 heavy (non-hydrogen) atoms. The summed E-state index contributed by atoms with van der Waals surface area (Å²) in [6, 6.07) is 23.5. The first-order valence-corrected chi connectivity index (χ1v) is 12.5. The van der Waals surface area contributed by atoms with Gasteiger partial charge in [0.2, 0.25) is 0 Å². The average Bonchev–Trinajstić information content (AvgIpc) is 2.83. The van der Waals surface area contributed by atoms with Crippen LogP contribution in [0.2, 0.25) is 10.0 Å². The van der Waals surface area contributed by atoms with Crippen molar-refractivity contribution in [2.24, 2.45) is 5.92 Å². The van der Waals surface area contributed by atoms with Gasteiger partial charge in [0, 0.05) is 25.2 Å². The van der Waals surface area contributed by atoms with Gasteiger partial charge in [-0.1, -0.05) is 91.6 Å². The maximum absolute atomic E-state index is 12.5.